The highest BCUT2D eigenvalue weighted by Crippen LogP contribution is 2.18. The van der Waals surface area contributed by atoms with E-state index in [4.69, 9.17) is 11.6 Å². The summed E-state index contributed by atoms with van der Waals surface area (Å²) in [5, 5.41) is 4.30. The number of halogens is 1. The molecule has 1 N–H and O–H groups in total. The summed E-state index contributed by atoms with van der Waals surface area (Å²) in [5.74, 6) is 0. The zero-order chi connectivity index (χ0) is 10.8. The highest BCUT2D eigenvalue weighted by molar-refractivity contribution is 6.30. The van der Waals surface area contributed by atoms with Crippen LogP contribution in [0.2, 0.25) is 5.02 Å². The molecule has 0 radical (unpaired) electrons. The largest absolute Gasteiger partial charge is 0.306 e. The number of hydrogen-bond acceptors (Lipinski definition) is 1. The zero-order valence-corrected chi connectivity index (χ0v) is 10.0. The van der Waals surface area contributed by atoms with Crippen molar-refractivity contribution in [3.63, 3.8) is 0 Å². The van der Waals surface area contributed by atoms with Crippen LogP contribution in [0.15, 0.2) is 24.3 Å². The van der Waals surface area contributed by atoms with Crippen LogP contribution in [-0.2, 0) is 0 Å². The highest BCUT2D eigenvalue weighted by Gasteiger charge is 2.14. The molecule has 1 aromatic rings. The molecule has 1 unspecified atom stereocenters. The number of hydrogen-bond donors (Lipinski definition) is 1. The van der Waals surface area contributed by atoms with Crippen LogP contribution < -0.4 is 5.32 Å². The van der Waals surface area contributed by atoms with Gasteiger partial charge < -0.3 is 5.32 Å². The van der Waals surface area contributed by atoms with Crippen molar-refractivity contribution >= 4 is 11.6 Å². The van der Waals surface area contributed by atoms with Gasteiger partial charge in [-0.2, -0.15) is 0 Å². The van der Waals surface area contributed by atoms with Crippen LogP contribution in [0.3, 0.4) is 0 Å². The van der Waals surface area contributed by atoms with Crippen molar-refractivity contribution in [3.05, 3.63) is 34.9 Å². The molecule has 0 bridgehead atoms. The normalized spacial score (nSPS) is 14.1. The maximum absolute atomic E-state index is 5.83. The summed E-state index contributed by atoms with van der Waals surface area (Å²) in [6, 6.07) is 8.33. The van der Waals surface area contributed by atoms with E-state index >= 15 is 0 Å². The van der Waals surface area contributed by atoms with Crippen molar-refractivity contribution in [3.8, 4) is 0 Å². The van der Waals surface area contributed by atoms with Crippen LogP contribution >= 0.6 is 11.6 Å². The molecule has 0 aliphatic carbocycles. The monoisotopic (exact) mass is 211 g/mol. The lowest BCUT2D eigenvalue weighted by atomic mass is 10.0. The van der Waals surface area contributed by atoms with Gasteiger partial charge in [0.05, 0.1) is 0 Å². The second-order valence-electron chi connectivity index (χ2n) is 4.67. The molecule has 1 rings (SSSR count). The van der Waals surface area contributed by atoms with Crippen molar-refractivity contribution in [2.24, 2.45) is 0 Å². The molecule has 78 valence electrons. The lowest BCUT2D eigenvalue weighted by molar-refractivity contribution is 0.378. The fourth-order valence-electron chi connectivity index (χ4n) is 1.48. The third kappa shape index (κ3) is 3.69. The van der Waals surface area contributed by atoms with Crippen molar-refractivity contribution in [2.45, 2.75) is 39.3 Å². The third-order valence-electron chi connectivity index (χ3n) is 2.02. The van der Waals surface area contributed by atoms with Crippen LogP contribution in [0.4, 0.5) is 0 Å². The fraction of sp³-hybridized carbons (Fsp3) is 0.500. The predicted octanol–water partition coefficient (Wildman–Crippen LogP) is 3.79. The summed E-state index contributed by atoms with van der Waals surface area (Å²) in [6.45, 7) is 8.66. The third-order valence-corrected chi connectivity index (χ3v) is 2.27. The van der Waals surface area contributed by atoms with Gasteiger partial charge in [0.2, 0.25) is 0 Å². The van der Waals surface area contributed by atoms with E-state index < -0.39 is 0 Å². The van der Waals surface area contributed by atoms with Crippen molar-refractivity contribution in [1.82, 2.24) is 5.32 Å². The van der Waals surface area contributed by atoms with Gasteiger partial charge in [-0.15, -0.1) is 0 Å². The Morgan fingerprint density at radius 1 is 1.14 bits per heavy atom. The molecule has 2 heteroatoms. The molecule has 1 nitrogen and oxygen atoms in total. The maximum Gasteiger partial charge on any atom is 0.0406 e. The second-order valence-corrected chi connectivity index (χ2v) is 5.10. The smallest absolute Gasteiger partial charge is 0.0406 e. The minimum absolute atomic E-state index is 0.138. The van der Waals surface area contributed by atoms with Gasteiger partial charge in [0, 0.05) is 16.6 Å². The van der Waals surface area contributed by atoms with Crippen LogP contribution in [0.25, 0.3) is 0 Å². The van der Waals surface area contributed by atoms with Crippen molar-refractivity contribution in [2.75, 3.05) is 0 Å². The van der Waals surface area contributed by atoms with Gasteiger partial charge in [-0.05, 0) is 45.4 Å². The van der Waals surface area contributed by atoms with Gasteiger partial charge >= 0.3 is 0 Å². The van der Waals surface area contributed by atoms with E-state index in [1.54, 1.807) is 0 Å². The fourth-order valence-corrected chi connectivity index (χ4v) is 1.61. The zero-order valence-electron chi connectivity index (χ0n) is 9.26. The van der Waals surface area contributed by atoms with Crippen LogP contribution in [0.5, 0.6) is 0 Å². The van der Waals surface area contributed by atoms with E-state index in [-0.39, 0.29) is 5.54 Å². The number of rotatable bonds is 2. The van der Waals surface area contributed by atoms with Crippen LogP contribution in [0, 0.1) is 0 Å². The molecule has 0 fully saturated rings. The Kier molecular flexibility index (Phi) is 3.57. The Labute approximate surface area is 91.5 Å². The molecule has 0 aliphatic rings. The van der Waals surface area contributed by atoms with Gasteiger partial charge in [-0.25, -0.2) is 0 Å². The van der Waals surface area contributed by atoms with E-state index in [0.29, 0.717) is 6.04 Å². The van der Waals surface area contributed by atoms with Gasteiger partial charge in [-0.1, -0.05) is 23.7 Å². The van der Waals surface area contributed by atoms with E-state index in [1.165, 1.54) is 5.56 Å². The molecular formula is C12H18ClN. The van der Waals surface area contributed by atoms with Gasteiger partial charge in [-0.3, -0.25) is 0 Å². The van der Waals surface area contributed by atoms with Crippen LogP contribution in [0.1, 0.15) is 39.3 Å². The molecule has 14 heavy (non-hydrogen) atoms. The summed E-state index contributed by atoms with van der Waals surface area (Å²) in [4.78, 5) is 0. The first-order valence-electron chi connectivity index (χ1n) is 4.92. The first-order chi connectivity index (χ1) is 6.38. The van der Waals surface area contributed by atoms with Crippen LogP contribution in [-0.4, -0.2) is 5.54 Å². The van der Waals surface area contributed by atoms with Gasteiger partial charge in [0.25, 0.3) is 0 Å². The van der Waals surface area contributed by atoms with Crippen molar-refractivity contribution in [1.29, 1.82) is 0 Å². The quantitative estimate of drug-likeness (QED) is 0.785. The molecule has 0 aromatic heterocycles. The lowest BCUT2D eigenvalue weighted by Gasteiger charge is -2.26. The molecule has 0 amide bonds. The standard InChI is InChI=1S/C12H18ClN/c1-9(14-12(2,3)4)10-5-7-11(13)8-6-10/h5-9,14H,1-4H3. The summed E-state index contributed by atoms with van der Waals surface area (Å²) in [6.07, 6.45) is 0. The molecule has 0 saturated heterocycles. The Hall–Kier alpha value is -0.530. The molecular weight excluding hydrogens is 194 g/mol. The maximum atomic E-state index is 5.83. The minimum Gasteiger partial charge on any atom is -0.306 e. The Morgan fingerprint density at radius 2 is 1.64 bits per heavy atom. The minimum atomic E-state index is 0.138. The Bertz CT molecular complexity index is 284. The molecule has 1 atom stereocenters. The summed E-state index contributed by atoms with van der Waals surface area (Å²) >= 11 is 5.83. The highest BCUT2D eigenvalue weighted by atomic mass is 35.5. The number of nitrogens with one attached hydrogen (secondary N) is 1. The Balaban J connectivity index is 2.70. The molecule has 1 aromatic carbocycles. The topological polar surface area (TPSA) is 12.0 Å². The first-order valence-corrected chi connectivity index (χ1v) is 5.29. The van der Waals surface area contributed by atoms with E-state index in [0.717, 1.165) is 5.02 Å². The summed E-state index contributed by atoms with van der Waals surface area (Å²) in [5.41, 5.74) is 1.41. The second kappa shape index (κ2) is 4.33. The molecule has 0 spiro atoms. The van der Waals surface area contributed by atoms with Crippen molar-refractivity contribution < 1.29 is 0 Å². The van der Waals surface area contributed by atoms with E-state index in [9.17, 15) is 0 Å². The summed E-state index contributed by atoms with van der Waals surface area (Å²) < 4.78 is 0. The molecule has 0 saturated carbocycles. The van der Waals surface area contributed by atoms with Gasteiger partial charge in [0.15, 0.2) is 0 Å². The average molecular weight is 212 g/mol. The summed E-state index contributed by atoms with van der Waals surface area (Å²) in [7, 11) is 0. The van der Waals surface area contributed by atoms with Gasteiger partial charge in [0.1, 0.15) is 0 Å². The average Bonchev–Trinajstić information content (AvgIpc) is 2.02. The predicted molar refractivity (Wildman–Crippen MR) is 62.8 cm³/mol. The van der Waals surface area contributed by atoms with E-state index in [2.05, 4.69) is 45.1 Å². The molecule has 0 aliphatic heterocycles. The lowest BCUT2D eigenvalue weighted by Crippen LogP contribution is -2.37. The number of benzene rings is 1. The van der Waals surface area contributed by atoms with E-state index in [1.807, 2.05) is 12.1 Å². The Morgan fingerprint density at radius 3 is 2.07 bits per heavy atom. The SMILES string of the molecule is CC(NC(C)(C)C)c1ccc(Cl)cc1. The first kappa shape index (κ1) is 11.5. The molecule has 0 heterocycles.